The van der Waals surface area contributed by atoms with Crippen LogP contribution in [0.5, 0.6) is 0 Å². The van der Waals surface area contributed by atoms with Gasteiger partial charge in [-0.15, -0.1) is 0 Å². The van der Waals surface area contributed by atoms with Crippen LogP contribution in [0.3, 0.4) is 0 Å². The van der Waals surface area contributed by atoms with E-state index in [4.69, 9.17) is 0 Å². The second kappa shape index (κ2) is 6.60. The van der Waals surface area contributed by atoms with Crippen LogP contribution in [-0.4, -0.2) is 51.4 Å². The number of nitrogens with one attached hydrogen (secondary N) is 1. The number of nitrogens with zero attached hydrogens (tertiary/aromatic N) is 3. The van der Waals surface area contributed by atoms with Gasteiger partial charge in [0, 0.05) is 38.8 Å². The number of carbonyl (C=O) groups is 2. The van der Waals surface area contributed by atoms with Crippen LogP contribution >= 0.6 is 0 Å². The Kier molecular flexibility index (Phi) is 4.34. The first-order valence-corrected chi connectivity index (χ1v) is 9.33. The number of imidazole rings is 1. The predicted molar refractivity (Wildman–Crippen MR) is 104 cm³/mol. The number of rotatable bonds is 2. The molecule has 28 heavy (non-hydrogen) atoms. The van der Waals surface area contributed by atoms with E-state index >= 15 is 0 Å². The molecule has 146 valence electrons. The van der Waals surface area contributed by atoms with Gasteiger partial charge in [0.2, 0.25) is 5.91 Å². The van der Waals surface area contributed by atoms with Crippen molar-refractivity contribution in [3.8, 4) is 0 Å². The van der Waals surface area contributed by atoms with Gasteiger partial charge in [-0.05, 0) is 12.5 Å². The lowest BCUT2D eigenvalue weighted by molar-refractivity contribution is -0.134. The van der Waals surface area contributed by atoms with Crippen LogP contribution in [0.4, 0.5) is 0 Å². The summed E-state index contributed by atoms with van der Waals surface area (Å²) < 4.78 is 1.96. The maximum absolute atomic E-state index is 13.2. The van der Waals surface area contributed by atoms with Crippen molar-refractivity contribution in [3.05, 3.63) is 58.7 Å². The predicted octanol–water partition coefficient (Wildman–Crippen LogP) is 0.975. The van der Waals surface area contributed by atoms with Gasteiger partial charge >= 0.3 is 0 Å². The molecule has 2 N–H and O–H groups in total. The third-order valence-corrected chi connectivity index (χ3v) is 5.74. The largest absolute Gasteiger partial charge is 0.382 e. The molecule has 0 saturated carbocycles. The smallest absolute Gasteiger partial charge is 0.230 e. The zero-order valence-corrected chi connectivity index (χ0v) is 16.4. The van der Waals surface area contributed by atoms with E-state index in [2.05, 4.69) is 10.3 Å². The molecule has 1 aliphatic heterocycles. The Balaban J connectivity index is 1.90. The first-order valence-electron chi connectivity index (χ1n) is 9.33. The minimum Gasteiger partial charge on any atom is -0.382 e. The van der Waals surface area contributed by atoms with Gasteiger partial charge in [-0.2, -0.15) is 0 Å². The Labute approximate surface area is 163 Å². The molecular formula is C21H24N4O3. The Morgan fingerprint density at radius 2 is 1.96 bits per heavy atom. The summed E-state index contributed by atoms with van der Waals surface area (Å²) in [5.41, 5.74) is 3.32. The number of aliphatic hydroxyl groups excluding tert-OH is 1. The van der Waals surface area contributed by atoms with Crippen LogP contribution in [0.15, 0.2) is 35.9 Å². The molecule has 2 aliphatic rings. The van der Waals surface area contributed by atoms with Crippen LogP contribution in [0.1, 0.15) is 28.8 Å². The van der Waals surface area contributed by atoms with Crippen molar-refractivity contribution in [1.82, 2.24) is 19.8 Å². The highest BCUT2D eigenvalue weighted by molar-refractivity contribution is 6.11. The average Bonchev–Trinajstić information content (AvgIpc) is 2.98. The summed E-state index contributed by atoms with van der Waals surface area (Å²) in [7, 11) is 5.27. The van der Waals surface area contributed by atoms with Crippen molar-refractivity contribution in [2.24, 2.45) is 13.0 Å². The molecule has 2 heterocycles. The third-order valence-electron chi connectivity index (χ3n) is 5.74. The number of aromatic nitrogens is 2. The van der Waals surface area contributed by atoms with Gasteiger partial charge in [0.25, 0.3) is 0 Å². The van der Waals surface area contributed by atoms with Crippen molar-refractivity contribution in [3.63, 3.8) is 0 Å². The van der Waals surface area contributed by atoms with Crippen molar-refractivity contribution >= 4 is 17.4 Å². The molecule has 1 aliphatic carbocycles. The fraction of sp³-hybridized carbons (Fsp3) is 0.381. The van der Waals surface area contributed by atoms with E-state index in [0.29, 0.717) is 23.4 Å². The number of amides is 1. The fourth-order valence-corrected chi connectivity index (χ4v) is 4.12. The molecule has 7 nitrogen and oxygen atoms in total. The second-order valence-corrected chi connectivity index (χ2v) is 7.63. The summed E-state index contributed by atoms with van der Waals surface area (Å²) in [5, 5.41) is 14.1. The number of hydrogen-bond donors (Lipinski definition) is 2. The summed E-state index contributed by atoms with van der Waals surface area (Å²) >= 11 is 0. The molecular weight excluding hydrogens is 356 g/mol. The number of hydrogen-bond acceptors (Lipinski definition) is 5. The van der Waals surface area contributed by atoms with Gasteiger partial charge in [0.1, 0.15) is 17.6 Å². The monoisotopic (exact) mass is 380 g/mol. The SMILES string of the molecule is Cc1nc2c(n1C)CC(C(=O)N(C)C)C1=C2N[C@H](c2ccccc2)[C@@H](O)C1=O. The van der Waals surface area contributed by atoms with Crippen molar-refractivity contribution < 1.29 is 14.7 Å². The fourth-order valence-electron chi connectivity index (χ4n) is 4.12. The summed E-state index contributed by atoms with van der Waals surface area (Å²) in [5.74, 6) is -0.389. The summed E-state index contributed by atoms with van der Waals surface area (Å²) in [6.45, 7) is 1.90. The topological polar surface area (TPSA) is 87.5 Å². The van der Waals surface area contributed by atoms with E-state index in [1.165, 1.54) is 4.90 Å². The van der Waals surface area contributed by atoms with E-state index in [0.717, 1.165) is 17.1 Å². The third kappa shape index (κ3) is 2.65. The van der Waals surface area contributed by atoms with Crippen LogP contribution in [0.2, 0.25) is 0 Å². The molecule has 1 aromatic heterocycles. The molecule has 1 aromatic carbocycles. The molecule has 0 saturated heterocycles. The van der Waals surface area contributed by atoms with Crippen LogP contribution < -0.4 is 5.32 Å². The van der Waals surface area contributed by atoms with Crippen molar-refractivity contribution in [2.75, 3.05) is 14.1 Å². The Bertz CT molecular complexity index is 991. The number of fused-ring (bicyclic) bond motifs is 2. The molecule has 2 aromatic rings. The Hall–Kier alpha value is -2.93. The molecule has 3 atom stereocenters. The molecule has 0 bridgehead atoms. The molecule has 0 spiro atoms. The molecule has 7 heteroatoms. The highest BCUT2D eigenvalue weighted by Crippen LogP contribution is 2.40. The van der Waals surface area contributed by atoms with E-state index in [-0.39, 0.29) is 5.91 Å². The minimum absolute atomic E-state index is 0.155. The molecule has 0 fully saturated rings. The minimum atomic E-state index is -1.26. The quantitative estimate of drug-likeness (QED) is 0.811. The number of Topliss-reactive ketones (excluding diaryl/α,β-unsaturated/α-hetero) is 1. The van der Waals surface area contributed by atoms with Crippen LogP contribution in [0.25, 0.3) is 5.70 Å². The van der Waals surface area contributed by atoms with E-state index in [9.17, 15) is 14.7 Å². The van der Waals surface area contributed by atoms with Gasteiger partial charge in [-0.3, -0.25) is 9.59 Å². The lowest BCUT2D eigenvalue weighted by Crippen LogP contribution is -2.48. The maximum atomic E-state index is 13.2. The lowest BCUT2D eigenvalue weighted by Gasteiger charge is -2.37. The second-order valence-electron chi connectivity index (χ2n) is 7.63. The lowest BCUT2D eigenvalue weighted by atomic mass is 9.77. The number of carbonyl (C=O) groups excluding carboxylic acids is 2. The van der Waals surface area contributed by atoms with Gasteiger partial charge in [-0.25, -0.2) is 4.98 Å². The zero-order chi connectivity index (χ0) is 20.2. The number of benzene rings is 1. The van der Waals surface area contributed by atoms with Gasteiger partial charge in [0.05, 0.1) is 17.7 Å². The molecule has 1 unspecified atom stereocenters. The van der Waals surface area contributed by atoms with Crippen LogP contribution in [0, 0.1) is 12.8 Å². The van der Waals surface area contributed by atoms with Gasteiger partial charge < -0.3 is 19.9 Å². The number of aliphatic hydroxyl groups is 1. The van der Waals surface area contributed by atoms with Gasteiger partial charge in [0.15, 0.2) is 5.78 Å². The highest BCUT2D eigenvalue weighted by Gasteiger charge is 2.46. The zero-order valence-electron chi connectivity index (χ0n) is 16.4. The molecule has 0 radical (unpaired) electrons. The number of ketones is 1. The van der Waals surface area contributed by atoms with Crippen molar-refractivity contribution in [2.45, 2.75) is 25.5 Å². The highest BCUT2D eigenvalue weighted by atomic mass is 16.3. The van der Waals surface area contributed by atoms with E-state index in [1.807, 2.05) is 48.9 Å². The first kappa shape index (κ1) is 18.4. The Morgan fingerprint density at radius 1 is 1.29 bits per heavy atom. The van der Waals surface area contributed by atoms with Gasteiger partial charge in [-0.1, -0.05) is 30.3 Å². The normalized spacial score (nSPS) is 23.8. The first-order chi connectivity index (χ1) is 13.3. The standard InChI is InChI=1S/C21H24N4O3/c1-11-22-17-14(25(11)4)10-13(21(28)24(2)3)15-18(17)23-16(20(27)19(15)26)12-8-6-5-7-9-12/h5-9,13,16,20,23,27H,10H2,1-4H3/t13?,16-,20-/m1/s1. The average molecular weight is 380 g/mol. The molecule has 1 amide bonds. The molecule has 4 rings (SSSR count). The van der Waals surface area contributed by atoms with Crippen molar-refractivity contribution in [1.29, 1.82) is 0 Å². The Morgan fingerprint density at radius 3 is 2.61 bits per heavy atom. The summed E-state index contributed by atoms with van der Waals surface area (Å²) in [4.78, 5) is 32.3. The van der Waals surface area contributed by atoms with Crippen LogP contribution in [-0.2, 0) is 23.1 Å². The number of aryl methyl sites for hydroxylation is 1. The van der Waals surface area contributed by atoms with E-state index in [1.54, 1.807) is 14.1 Å². The summed E-state index contributed by atoms with van der Waals surface area (Å²) in [6.07, 6.45) is -0.872. The van der Waals surface area contributed by atoms with E-state index < -0.39 is 23.8 Å². The summed E-state index contributed by atoms with van der Waals surface area (Å²) in [6, 6.07) is 8.78. The maximum Gasteiger partial charge on any atom is 0.230 e.